The molecule has 0 aliphatic carbocycles. The molecule has 3 fully saturated rings. The summed E-state index contributed by atoms with van der Waals surface area (Å²) >= 11 is 0. The highest BCUT2D eigenvalue weighted by Crippen LogP contribution is 2.37. The van der Waals surface area contributed by atoms with Gasteiger partial charge in [-0.2, -0.15) is 10.4 Å². The summed E-state index contributed by atoms with van der Waals surface area (Å²) in [4.78, 5) is 9.54. The van der Waals surface area contributed by atoms with Crippen LogP contribution < -0.4 is 9.64 Å². The fourth-order valence-corrected chi connectivity index (χ4v) is 5.59. The molecule has 0 spiro atoms. The second-order valence-corrected chi connectivity index (χ2v) is 11.1. The monoisotopic (exact) mass is 536 g/mol. The predicted molar refractivity (Wildman–Crippen MR) is 149 cm³/mol. The Balaban J connectivity index is 1.20. The smallest absolute Gasteiger partial charge is 0.138 e. The van der Waals surface area contributed by atoms with Crippen LogP contribution in [-0.4, -0.2) is 62.0 Å². The SMILES string of the molecule is C#Cc1cc(CN2C3CC2CN(c2ccc(-c4cc(OCC(C)(C)O)cn5ncc(C#N)c45)cn2)C3)ccc1F. The lowest BCUT2D eigenvalue weighted by molar-refractivity contribution is -0.00869. The molecule has 1 aromatic carbocycles. The van der Waals surface area contributed by atoms with Gasteiger partial charge in [-0.25, -0.2) is 13.9 Å². The average Bonchev–Trinajstić information content (AvgIpc) is 3.38. The molecule has 2 bridgehead atoms. The standard InChI is InChI=1S/C31H29FN6O2/c1-4-21-9-20(5-7-28(21)32)15-37-24-10-25(37)17-36(16-24)29-8-6-22(13-34-29)27-11-26(40-19-31(2,3)39)18-38-30(27)23(12-33)14-35-38/h1,5-9,11,13-14,18,24-25,39H,10,15-17,19H2,2-3H3. The Morgan fingerprint density at radius 2 is 1.95 bits per heavy atom. The number of hydrogen-bond donors (Lipinski definition) is 1. The number of piperidine rings is 1. The highest BCUT2D eigenvalue weighted by Gasteiger charge is 2.44. The van der Waals surface area contributed by atoms with Crippen molar-refractivity contribution >= 4 is 11.3 Å². The molecule has 0 amide bonds. The molecule has 4 aromatic rings. The number of fused-ring (bicyclic) bond motifs is 3. The molecule has 3 aromatic heterocycles. The largest absolute Gasteiger partial charge is 0.489 e. The number of benzene rings is 1. The summed E-state index contributed by atoms with van der Waals surface area (Å²) in [6.45, 7) is 5.94. The highest BCUT2D eigenvalue weighted by atomic mass is 19.1. The van der Waals surface area contributed by atoms with Crippen LogP contribution in [0.25, 0.3) is 16.6 Å². The van der Waals surface area contributed by atoms with Gasteiger partial charge < -0.3 is 14.7 Å². The van der Waals surface area contributed by atoms with Gasteiger partial charge >= 0.3 is 0 Å². The molecule has 3 aliphatic heterocycles. The number of nitriles is 1. The molecule has 40 heavy (non-hydrogen) atoms. The number of aliphatic hydroxyl groups is 1. The molecule has 2 atom stereocenters. The van der Waals surface area contributed by atoms with Gasteiger partial charge in [-0.1, -0.05) is 12.0 Å². The van der Waals surface area contributed by atoms with Crippen LogP contribution in [-0.2, 0) is 6.54 Å². The minimum atomic E-state index is -0.991. The quantitative estimate of drug-likeness (QED) is 0.357. The van der Waals surface area contributed by atoms with E-state index in [9.17, 15) is 14.8 Å². The third-order valence-corrected chi connectivity index (χ3v) is 7.58. The first-order valence-corrected chi connectivity index (χ1v) is 13.2. The Labute approximate surface area is 232 Å². The summed E-state index contributed by atoms with van der Waals surface area (Å²) in [5.74, 6) is 3.50. The van der Waals surface area contributed by atoms with Crippen molar-refractivity contribution in [3.8, 4) is 35.3 Å². The van der Waals surface area contributed by atoms with Gasteiger partial charge in [0.2, 0.25) is 0 Å². The minimum Gasteiger partial charge on any atom is -0.489 e. The van der Waals surface area contributed by atoms with E-state index in [4.69, 9.17) is 16.1 Å². The summed E-state index contributed by atoms with van der Waals surface area (Å²) in [7, 11) is 0. The van der Waals surface area contributed by atoms with Gasteiger partial charge in [-0.15, -0.1) is 6.42 Å². The first kappa shape index (κ1) is 25.8. The van der Waals surface area contributed by atoms with Crippen LogP contribution >= 0.6 is 0 Å². The van der Waals surface area contributed by atoms with E-state index in [0.29, 0.717) is 34.5 Å². The Kier molecular flexibility index (Phi) is 6.42. The lowest BCUT2D eigenvalue weighted by atomic mass is 9.86. The topological polar surface area (TPSA) is 89.9 Å². The number of piperazine rings is 1. The first-order valence-electron chi connectivity index (χ1n) is 13.2. The van der Waals surface area contributed by atoms with Crippen LogP contribution in [0, 0.1) is 29.5 Å². The molecule has 9 heteroatoms. The lowest BCUT2D eigenvalue weighted by Crippen LogP contribution is -2.68. The van der Waals surface area contributed by atoms with Crippen molar-refractivity contribution in [2.45, 2.75) is 44.5 Å². The Bertz CT molecular complexity index is 1650. The van der Waals surface area contributed by atoms with Gasteiger partial charge in [0.25, 0.3) is 0 Å². The maximum Gasteiger partial charge on any atom is 0.138 e. The predicted octanol–water partition coefficient (Wildman–Crippen LogP) is 4.00. The average molecular weight is 537 g/mol. The number of ether oxygens (including phenoxy) is 1. The second kappa shape index (κ2) is 9.95. The fraction of sp³-hybridized carbons (Fsp3) is 0.323. The van der Waals surface area contributed by atoms with Crippen LogP contribution in [0.4, 0.5) is 10.2 Å². The third kappa shape index (κ3) is 4.86. The molecule has 1 N–H and O–H groups in total. The Hall–Kier alpha value is -4.44. The molecule has 0 saturated carbocycles. The Morgan fingerprint density at radius 3 is 2.62 bits per heavy atom. The number of terminal acetylenes is 1. The summed E-state index contributed by atoms with van der Waals surface area (Å²) in [6.07, 6.45) is 11.6. The van der Waals surface area contributed by atoms with Gasteiger partial charge in [-0.3, -0.25) is 4.90 Å². The maximum atomic E-state index is 13.8. The van der Waals surface area contributed by atoms with E-state index in [-0.39, 0.29) is 12.4 Å². The van der Waals surface area contributed by atoms with E-state index >= 15 is 0 Å². The number of aromatic nitrogens is 3. The summed E-state index contributed by atoms with van der Waals surface area (Å²) in [5, 5.41) is 24.1. The van der Waals surface area contributed by atoms with E-state index in [1.807, 2.05) is 30.5 Å². The van der Waals surface area contributed by atoms with Gasteiger partial charge in [0.1, 0.15) is 30.1 Å². The van der Waals surface area contributed by atoms with Crippen molar-refractivity contribution in [1.82, 2.24) is 19.5 Å². The summed E-state index contributed by atoms with van der Waals surface area (Å²) in [5.41, 5.74) is 3.09. The number of hydrogen-bond acceptors (Lipinski definition) is 7. The van der Waals surface area contributed by atoms with Crippen LogP contribution in [0.3, 0.4) is 0 Å². The third-order valence-electron chi connectivity index (χ3n) is 7.58. The lowest BCUT2D eigenvalue weighted by Gasteiger charge is -2.56. The van der Waals surface area contributed by atoms with Crippen molar-refractivity contribution in [2.24, 2.45) is 0 Å². The Morgan fingerprint density at radius 1 is 1.15 bits per heavy atom. The van der Waals surface area contributed by atoms with E-state index in [2.05, 4.69) is 26.9 Å². The zero-order chi connectivity index (χ0) is 28.0. The molecule has 202 valence electrons. The van der Waals surface area contributed by atoms with Crippen LogP contribution in [0.5, 0.6) is 5.75 Å². The van der Waals surface area contributed by atoms with Crippen molar-refractivity contribution in [2.75, 3.05) is 24.6 Å². The molecule has 2 unspecified atom stereocenters. The zero-order valence-corrected chi connectivity index (χ0v) is 22.4. The second-order valence-electron chi connectivity index (χ2n) is 11.1. The molecule has 7 rings (SSSR count). The minimum absolute atomic E-state index is 0.113. The van der Waals surface area contributed by atoms with Gasteiger partial charge in [0.05, 0.1) is 34.6 Å². The number of pyridine rings is 2. The number of nitrogens with zero attached hydrogens (tertiary/aromatic N) is 6. The highest BCUT2D eigenvalue weighted by molar-refractivity contribution is 5.85. The molecular weight excluding hydrogens is 507 g/mol. The number of anilines is 1. The molecule has 3 saturated heterocycles. The van der Waals surface area contributed by atoms with Crippen LogP contribution in [0.1, 0.15) is 37.0 Å². The molecule has 3 aliphatic rings. The molecule has 6 heterocycles. The van der Waals surface area contributed by atoms with Gasteiger partial charge in [-0.05, 0) is 56.2 Å². The normalized spacial score (nSPS) is 18.7. The van der Waals surface area contributed by atoms with Crippen molar-refractivity contribution in [1.29, 1.82) is 5.26 Å². The van der Waals surface area contributed by atoms with Crippen molar-refractivity contribution in [3.05, 3.63) is 77.5 Å². The van der Waals surface area contributed by atoms with E-state index in [1.54, 1.807) is 30.6 Å². The molecule has 8 nitrogen and oxygen atoms in total. The molecular formula is C31H29FN6O2. The number of rotatable bonds is 7. The van der Waals surface area contributed by atoms with Gasteiger partial charge in [0.15, 0.2) is 0 Å². The fourth-order valence-electron chi connectivity index (χ4n) is 5.59. The zero-order valence-electron chi connectivity index (χ0n) is 22.4. The van der Waals surface area contributed by atoms with E-state index < -0.39 is 5.60 Å². The first-order chi connectivity index (χ1) is 19.2. The molecule has 0 radical (unpaired) electrons. The van der Waals surface area contributed by atoms with Crippen LogP contribution in [0.15, 0.2) is 55.0 Å². The van der Waals surface area contributed by atoms with Gasteiger partial charge in [0, 0.05) is 49.0 Å². The van der Waals surface area contributed by atoms with Crippen molar-refractivity contribution < 1.29 is 14.2 Å². The maximum absolute atomic E-state index is 13.8. The van der Waals surface area contributed by atoms with Crippen LogP contribution in [0.2, 0.25) is 0 Å². The number of halogens is 1. The van der Waals surface area contributed by atoms with E-state index in [1.165, 1.54) is 12.3 Å². The summed E-state index contributed by atoms with van der Waals surface area (Å²) in [6, 6.07) is 13.9. The van der Waals surface area contributed by atoms with Crippen molar-refractivity contribution in [3.63, 3.8) is 0 Å². The summed E-state index contributed by atoms with van der Waals surface area (Å²) < 4.78 is 21.3. The van der Waals surface area contributed by atoms with E-state index in [0.717, 1.165) is 48.6 Å².